The maximum atomic E-state index is 13.0. The summed E-state index contributed by atoms with van der Waals surface area (Å²) >= 11 is 3.44. The van der Waals surface area contributed by atoms with E-state index in [1.54, 1.807) is 12.1 Å². The zero-order valence-electron chi connectivity index (χ0n) is 11.1. The minimum atomic E-state index is -0.177. The molecule has 0 N–H and O–H groups in total. The first-order chi connectivity index (χ1) is 8.56. The Morgan fingerprint density at radius 2 is 2.00 bits per heavy atom. The number of nitrogens with zero attached hydrogens (tertiary/aromatic N) is 1. The normalized spacial score (nSPS) is 18.5. The minimum Gasteiger partial charge on any atom is -0.299 e. The predicted octanol–water partition coefficient (Wildman–Crippen LogP) is 4.46. The number of benzene rings is 1. The van der Waals surface area contributed by atoms with Crippen molar-refractivity contribution in [2.45, 2.75) is 33.2 Å². The van der Waals surface area contributed by atoms with Gasteiger partial charge in [0.05, 0.1) is 0 Å². The van der Waals surface area contributed by atoms with Crippen LogP contribution >= 0.6 is 15.9 Å². The summed E-state index contributed by atoms with van der Waals surface area (Å²) in [6.07, 6.45) is 2.58. The molecule has 0 aliphatic carbocycles. The highest BCUT2D eigenvalue weighted by Gasteiger charge is 2.21. The van der Waals surface area contributed by atoms with Gasteiger partial charge in [-0.05, 0) is 55.5 Å². The molecule has 1 fully saturated rings. The van der Waals surface area contributed by atoms with E-state index < -0.39 is 0 Å². The number of hydrogen-bond acceptors (Lipinski definition) is 1. The van der Waals surface area contributed by atoms with Crippen LogP contribution in [0.25, 0.3) is 0 Å². The van der Waals surface area contributed by atoms with Gasteiger partial charge in [0, 0.05) is 11.0 Å². The summed E-state index contributed by atoms with van der Waals surface area (Å²) in [4.78, 5) is 2.47. The van der Waals surface area contributed by atoms with Gasteiger partial charge in [-0.15, -0.1) is 0 Å². The molecule has 1 aliphatic heterocycles. The molecule has 3 heteroatoms. The van der Waals surface area contributed by atoms with Gasteiger partial charge in [0.2, 0.25) is 0 Å². The lowest BCUT2D eigenvalue weighted by Crippen LogP contribution is -2.34. The second-order valence-corrected chi connectivity index (χ2v) is 6.45. The van der Waals surface area contributed by atoms with Gasteiger partial charge in [-0.25, -0.2) is 4.39 Å². The van der Waals surface area contributed by atoms with Gasteiger partial charge in [-0.1, -0.05) is 35.8 Å². The second-order valence-electron chi connectivity index (χ2n) is 5.59. The van der Waals surface area contributed by atoms with E-state index in [0.29, 0.717) is 0 Å². The first-order valence-electron chi connectivity index (χ1n) is 6.72. The molecule has 1 aromatic carbocycles. The van der Waals surface area contributed by atoms with Gasteiger partial charge in [-0.3, -0.25) is 4.90 Å². The molecule has 0 atom stereocenters. The van der Waals surface area contributed by atoms with Crippen molar-refractivity contribution in [3.63, 3.8) is 0 Å². The Kier molecular flexibility index (Phi) is 4.79. The molecule has 100 valence electrons. The largest absolute Gasteiger partial charge is 0.299 e. The first-order valence-corrected chi connectivity index (χ1v) is 7.52. The van der Waals surface area contributed by atoms with Crippen molar-refractivity contribution in [1.29, 1.82) is 0 Å². The summed E-state index contributed by atoms with van der Waals surface area (Å²) in [6.45, 7) is 7.87. The van der Waals surface area contributed by atoms with Crippen molar-refractivity contribution in [3.05, 3.63) is 34.1 Å². The highest BCUT2D eigenvalue weighted by atomic mass is 79.9. The number of halogens is 2. The molecular weight excluding hydrogens is 293 g/mol. The van der Waals surface area contributed by atoms with E-state index in [1.807, 2.05) is 6.07 Å². The zero-order chi connectivity index (χ0) is 13.1. The van der Waals surface area contributed by atoms with Crippen molar-refractivity contribution in [2.24, 2.45) is 11.8 Å². The number of rotatable bonds is 3. The predicted molar refractivity (Wildman–Crippen MR) is 76.9 cm³/mol. The molecular formula is C15H21BrFN. The monoisotopic (exact) mass is 313 g/mol. The molecule has 0 saturated carbocycles. The minimum absolute atomic E-state index is 0.177. The van der Waals surface area contributed by atoms with E-state index in [2.05, 4.69) is 34.7 Å². The molecule has 0 bridgehead atoms. The van der Waals surface area contributed by atoms with Crippen LogP contribution in [0.2, 0.25) is 0 Å². The molecule has 1 aliphatic rings. The first kappa shape index (κ1) is 14.0. The molecule has 2 rings (SSSR count). The van der Waals surface area contributed by atoms with Crippen LogP contribution in [0, 0.1) is 17.7 Å². The lowest BCUT2D eigenvalue weighted by Gasteiger charge is -2.34. The van der Waals surface area contributed by atoms with Gasteiger partial charge in [0.25, 0.3) is 0 Å². The molecule has 1 heterocycles. The summed E-state index contributed by atoms with van der Waals surface area (Å²) in [5, 5.41) is 0. The number of likely N-dealkylation sites (tertiary alicyclic amines) is 1. The maximum absolute atomic E-state index is 13.0. The molecule has 0 aromatic heterocycles. The molecule has 1 saturated heterocycles. The summed E-state index contributed by atoms with van der Waals surface area (Å²) < 4.78 is 13.9. The van der Waals surface area contributed by atoms with Gasteiger partial charge in [0.1, 0.15) is 5.82 Å². The van der Waals surface area contributed by atoms with E-state index in [9.17, 15) is 4.39 Å². The third-order valence-electron chi connectivity index (χ3n) is 3.98. The fraction of sp³-hybridized carbons (Fsp3) is 0.600. The highest BCUT2D eigenvalue weighted by molar-refractivity contribution is 9.10. The van der Waals surface area contributed by atoms with E-state index in [1.165, 1.54) is 18.4 Å². The Morgan fingerprint density at radius 3 is 2.56 bits per heavy atom. The standard InChI is InChI=1S/C15H21BrFN/c1-11(2)12-5-7-18(8-6-12)10-13-3-4-14(17)9-15(13)16/h3-4,9,11-12H,5-8,10H2,1-2H3. The Morgan fingerprint density at radius 1 is 1.33 bits per heavy atom. The van der Waals surface area contributed by atoms with Crippen LogP contribution in [0.1, 0.15) is 32.3 Å². The summed E-state index contributed by atoms with van der Waals surface area (Å²) in [6, 6.07) is 4.98. The van der Waals surface area contributed by atoms with Crippen LogP contribution in [0.4, 0.5) is 4.39 Å². The third kappa shape index (κ3) is 3.55. The Balaban J connectivity index is 1.91. The number of hydrogen-bond donors (Lipinski definition) is 0. The van der Waals surface area contributed by atoms with Gasteiger partial charge in [-0.2, -0.15) is 0 Å². The van der Waals surface area contributed by atoms with Crippen LogP contribution in [0.15, 0.2) is 22.7 Å². The Labute approximate surface area is 118 Å². The van der Waals surface area contributed by atoms with Crippen LogP contribution in [0.5, 0.6) is 0 Å². The van der Waals surface area contributed by atoms with Gasteiger partial charge >= 0.3 is 0 Å². The van der Waals surface area contributed by atoms with Crippen molar-refractivity contribution >= 4 is 15.9 Å². The third-order valence-corrected chi connectivity index (χ3v) is 4.72. The topological polar surface area (TPSA) is 3.24 Å². The van der Waals surface area contributed by atoms with Crippen molar-refractivity contribution in [1.82, 2.24) is 4.90 Å². The quantitative estimate of drug-likeness (QED) is 0.796. The van der Waals surface area contributed by atoms with Crippen LogP contribution in [-0.2, 0) is 6.54 Å². The molecule has 1 nitrogen and oxygen atoms in total. The van der Waals surface area contributed by atoms with E-state index in [0.717, 1.165) is 35.9 Å². The molecule has 1 aromatic rings. The maximum Gasteiger partial charge on any atom is 0.124 e. The summed E-state index contributed by atoms with van der Waals surface area (Å²) in [5.74, 6) is 1.49. The molecule has 18 heavy (non-hydrogen) atoms. The Bertz CT molecular complexity index is 397. The SMILES string of the molecule is CC(C)C1CCN(Cc2ccc(F)cc2Br)CC1. The van der Waals surface area contributed by atoms with Crippen LogP contribution in [-0.4, -0.2) is 18.0 Å². The second kappa shape index (κ2) is 6.16. The van der Waals surface area contributed by atoms with Crippen LogP contribution in [0.3, 0.4) is 0 Å². The van der Waals surface area contributed by atoms with Crippen molar-refractivity contribution in [3.8, 4) is 0 Å². The van der Waals surface area contributed by atoms with Gasteiger partial charge < -0.3 is 0 Å². The lowest BCUT2D eigenvalue weighted by atomic mass is 9.86. The fourth-order valence-electron chi connectivity index (χ4n) is 2.67. The average molecular weight is 314 g/mol. The van der Waals surface area contributed by atoms with E-state index >= 15 is 0 Å². The lowest BCUT2D eigenvalue weighted by molar-refractivity contribution is 0.151. The summed E-state index contributed by atoms with van der Waals surface area (Å²) in [7, 11) is 0. The Hall–Kier alpha value is -0.410. The fourth-order valence-corrected chi connectivity index (χ4v) is 3.14. The zero-order valence-corrected chi connectivity index (χ0v) is 12.7. The molecule has 0 radical (unpaired) electrons. The van der Waals surface area contributed by atoms with Crippen LogP contribution < -0.4 is 0 Å². The van der Waals surface area contributed by atoms with E-state index in [4.69, 9.17) is 0 Å². The van der Waals surface area contributed by atoms with Crippen molar-refractivity contribution < 1.29 is 4.39 Å². The number of piperidine rings is 1. The molecule has 0 amide bonds. The molecule has 0 spiro atoms. The summed E-state index contributed by atoms with van der Waals surface area (Å²) in [5.41, 5.74) is 1.18. The highest BCUT2D eigenvalue weighted by Crippen LogP contribution is 2.26. The van der Waals surface area contributed by atoms with E-state index in [-0.39, 0.29) is 5.82 Å². The molecule has 0 unspecified atom stereocenters. The van der Waals surface area contributed by atoms with Gasteiger partial charge in [0.15, 0.2) is 0 Å². The smallest absolute Gasteiger partial charge is 0.124 e. The average Bonchev–Trinajstić information content (AvgIpc) is 2.33. The van der Waals surface area contributed by atoms with Crippen molar-refractivity contribution in [2.75, 3.05) is 13.1 Å².